The van der Waals surface area contributed by atoms with Crippen LogP contribution in [0.2, 0.25) is 0 Å². The van der Waals surface area contributed by atoms with Crippen LogP contribution in [-0.2, 0) is 9.53 Å². The first-order chi connectivity index (χ1) is 8.13. The zero-order valence-corrected chi connectivity index (χ0v) is 12.7. The van der Waals surface area contributed by atoms with Crippen LogP contribution in [0.1, 0.15) is 39.6 Å². The second-order valence-electron chi connectivity index (χ2n) is 5.04. The Morgan fingerprint density at radius 1 is 1.50 bits per heavy atom. The van der Waals surface area contributed by atoms with E-state index in [4.69, 9.17) is 4.74 Å². The number of hydrogen-bond donors (Lipinski definition) is 0. The van der Waals surface area contributed by atoms with Crippen LogP contribution < -0.4 is 5.56 Å². The number of ether oxygens (including phenoxy) is 1. The Labute approximate surface area is 114 Å². The predicted molar refractivity (Wildman–Crippen MR) is 71.5 cm³/mol. The summed E-state index contributed by atoms with van der Waals surface area (Å²) in [6.07, 6.45) is 1.43. The largest absolute Gasteiger partial charge is 0.458 e. The third-order valence-corrected chi connectivity index (χ3v) is 2.82. The summed E-state index contributed by atoms with van der Waals surface area (Å²) in [5.41, 5.74) is -0.872. The average Bonchev–Trinajstić information content (AvgIpc) is 2.21. The van der Waals surface area contributed by atoms with Gasteiger partial charge in [0.15, 0.2) is 0 Å². The molecule has 1 atom stereocenters. The number of aromatic nitrogens is 2. The molecule has 100 valence electrons. The van der Waals surface area contributed by atoms with E-state index in [2.05, 4.69) is 20.9 Å². The van der Waals surface area contributed by atoms with Gasteiger partial charge in [-0.05, 0) is 50.5 Å². The number of carbonyl (C=O) groups is 1. The topological polar surface area (TPSA) is 61.2 Å². The van der Waals surface area contributed by atoms with E-state index in [9.17, 15) is 9.59 Å². The minimum Gasteiger partial charge on any atom is -0.458 e. The van der Waals surface area contributed by atoms with Gasteiger partial charge in [-0.25, -0.2) is 9.78 Å². The first-order valence-electron chi connectivity index (χ1n) is 5.60. The molecule has 0 aliphatic rings. The van der Waals surface area contributed by atoms with E-state index >= 15 is 0 Å². The van der Waals surface area contributed by atoms with E-state index in [0.717, 1.165) is 0 Å². The van der Waals surface area contributed by atoms with E-state index < -0.39 is 17.6 Å². The molecule has 0 aliphatic heterocycles. The van der Waals surface area contributed by atoms with Crippen LogP contribution in [0.25, 0.3) is 0 Å². The van der Waals surface area contributed by atoms with Crippen molar-refractivity contribution in [3.63, 3.8) is 0 Å². The predicted octanol–water partition coefficient (Wildman–Crippen LogP) is 2.22. The van der Waals surface area contributed by atoms with Gasteiger partial charge in [0.25, 0.3) is 5.56 Å². The smallest absolute Gasteiger partial charge is 0.329 e. The van der Waals surface area contributed by atoms with Crippen molar-refractivity contribution in [3.8, 4) is 0 Å². The van der Waals surface area contributed by atoms with Crippen LogP contribution in [0.3, 0.4) is 0 Å². The SMILES string of the molecule is Cc1ncc(Br)c(=O)n1C(C)C(=O)OC(C)(C)C. The van der Waals surface area contributed by atoms with Gasteiger partial charge in [0, 0.05) is 6.20 Å². The molecule has 0 fully saturated rings. The van der Waals surface area contributed by atoms with Gasteiger partial charge in [-0.1, -0.05) is 0 Å². The van der Waals surface area contributed by atoms with Crippen LogP contribution >= 0.6 is 15.9 Å². The Morgan fingerprint density at radius 3 is 2.56 bits per heavy atom. The van der Waals surface area contributed by atoms with Crippen LogP contribution in [0, 0.1) is 6.92 Å². The highest BCUT2D eigenvalue weighted by molar-refractivity contribution is 9.10. The third-order valence-electron chi connectivity index (χ3n) is 2.27. The number of nitrogens with zero attached hydrogens (tertiary/aromatic N) is 2. The van der Waals surface area contributed by atoms with E-state index in [1.165, 1.54) is 10.8 Å². The number of esters is 1. The lowest BCUT2D eigenvalue weighted by Crippen LogP contribution is -2.35. The van der Waals surface area contributed by atoms with Gasteiger partial charge in [0.2, 0.25) is 0 Å². The van der Waals surface area contributed by atoms with Gasteiger partial charge in [-0.2, -0.15) is 0 Å². The number of rotatable bonds is 2. The molecule has 0 spiro atoms. The van der Waals surface area contributed by atoms with Crippen molar-refractivity contribution >= 4 is 21.9 Å². The molecular formula is C12H17BrN2O3. The van der Waals surface area contributed by atoms with Gasteiger partial charge < -0.3 is 4.74 Å². The van der Waals surface area contributed by atoms with E-state index in [-0.39, 0.29) is 5.56 Å². The van der Waals surface area contributed by atoms with Crippen molar-refractivity contribution in [2.24, 2.45) is 0 Å². The van der Waals surface area contributed by atoms with Crippen molar-refractivity contribution in [1.29, 1.82) is 0 Å². The summed E-state index contributed by atoms with van der Waals surface area (Å²) >= 11 is 3.11. The normalized spacial score (nSPS) is 13.2. The maximum absolute atomic E-state index is 12.0. The van der Waals surface area contributed by atoms with Crippen molar-refractivity contribution in [1.82, 2.24) is 9.55 Å². The molecule has 0 saturated heterocycles. The van der Waals surface area contributed by atoms with Crippen molar-refractivity contribution in [2.45, 2.75) is 46.3 Å². The quantitative estimate of drug-likeness (QED) is 0.785. The minimum atomic E-state index is -0.707. The molecule has 1 rings (SSSR count). The highest BCUT2D eigenvalue weighted by Crippen LogP contribution is 2.15. The molecule has 0 saturated carbocycles. The highest BCUT2D eigenvalue weighted by atomic mass is 79.9. The molecule has 6 heteroatoms. The molecule has 0 bridgehead atoms. The Hall–Kier alpha value is -1.17. The second-order valence-corrected chi connectivity index (χ2v) is 5.89. The standard InChI is InChI=1S/C12H17BrN2O3/c1-7(11(17)18-12(3,4)5)15-8(2)14-6-9(13)10(15)16/h6-7H,1-5H3. The first-order valence-corrected chi connectivity index (χ1v) is 6.39. The third kappa shape index (κ3) is 3.41. The second kappa shape index (κ2) is 5.22. The number of halogens is 1. The van der Waals surface area contributed by atoms with E-state index in [0.29, 0.717) is 10.3 Å². The monoisotopic (exact) mass is 316 g/mol. The molecule has 0 radical (unpaired) electrons. The summed E-state index contributed by atoms with van der Waals surface area (Å²) in [5.74, 6) is 0.0224. The van der Waals surface area contributed by atoms with Crippen LogP contribution in [0.15, 0.2) is 15.5 Å². The molecule has 1 heterocycles. The molecule has 18 heavy (non-hydrogen) atoms. The maximum atomic E-state index is 12.0. The van der Waals surface area contributed by atoms with Gasteiger partial charge >= 0.3 is 5.97 Å². The molecule has 1 aromatic rings. The van der Waals surface area contributed by atoms with Crippen molar-refractivity contribution < 1.29 is 9.53 Å². The average molecular weight is 317 g/mol. The molecule has 1 aromatic heterocycles. The maximum Gasteiger partial charge on any atom is 0.329 e. The van der Waals surface area contributed by atoms with E-state index in [1.807, 2.05) is 0 Å². The number of hydrogen-bond acceptors (Lipinski definition) is 4. The summed E-state index contributed by atoms with van der Waals surface area (Å²) in [6.45, 7) is 8.65. The Kier molecular flexibility index (Phi) is 4.32. The lowest BCUT2D eigenvalue weighted by Gasteiger charge is -2.23. The fourth-order valence-electron chi connectivity index (χ4n) is 1.48. The van der Waals surface area contributed by atoms with Crippen LogP contribution in [0.5, 0.6) is 0 Å². The Balaban J connectivity index is 3.12. The minimum absolute atomic E-state index is 0.291. The van der Waals surface area contributed by atoms with Gasteiger partial charge in [0.05, 0.1) is 0 Å². The van der Waals surface area contributed by atoms with Crippen molar-refractivity contribution in [3.05, 3.63) is 26.8 Å². The Morgan fingerprint density at radius 2 is 2.06 bits per heavy atom. The van der Waals surface area contributed by atoms with Crippen LogP contribution in [0.4, 0.5) is 0 Å². The summed E-state index contributed by atoms with van der Waals surface area (Å²) in [7, 11) is 0. The number of carbonyl (C=O) groups excluding carboxylic acids is 1. The molecule has 0 aromatic carbocycles. The molecule has 0 aliphatic carbocycles. The summed E-state index contributed by atoms with van der Waals surface area (Å²) in [6, 6.07) is -0.707. The van der Waals surface area contributed by atoms with Gasteiger partial charge in [0.1, 0.15) is 21.9 Å². The Bertz CT molecular complexity index is 517. The zero-order valence-electron chi connectivity index (χ0n) is 11.2. The summed E-state index contributed by atoms with van der Waals surface area (Å²) < 4.78 is 6.90. The summed E-state index contributed by atoms with van der Waals surface area (Å²) in [5, 5.41) is 0. The molecule has 5 nitrogen and oxygen atoms in total. The number of aryl methyl sites for hydroxylation is 1. The molecule has 0 N–H and O–H groups in total. The lowest BCUT2D eigenvalue weighted by atomic mass is 10.2. The fraction of sp³-hybridized carbons (Fsp3) is 0.583. The van der Waals surface area contributed by atoms with Gasteiger partial charge in [-0.15, -0.1) is 0 Å². The molecule has 1 unspecified atom stereocenters. The highest BCUT2D eigenvalue weighted by Gasteiger charge is 2.25. The van der Waals surface area contributed by atoms with Gasteiger partial charge in [-0.3, -0.25) is 9.36 Å². The summed E-state index contributed by atoms with van der Waals surface area (Å²) in [4.78, 5) is 28.0. The lowest BCUT2D eigenvalue weighted by molar-refractivity contribution is -0.158. The fourth-order valence-corrected chi connectivity index (χ4v) is 1.77. The van der Waals surface area contributed by atoms with Crippen molar-refractivity contribution in [2.75, 3.05) is 0 Å². The molecular weight excluding hydrogens is 300 g/mol. The zero-order chi connectivity index (χ0) is 14.1. The van der Waals surface area contributed by atoms with E-state index in [1.54, 1.807) is 34.6 Å². The molecule has 0 amide bonds. The first kappa shape index (κ1) is 14.9. The van der Waals surface area contributed by atoms with Crippen LogP contribution in [-0.4, -0.2) is 21.1 Å².